The van der Waals surface area contributed by atoms with Crippen LogP contribution in [0.3, 0.4) is 0 Å². The van der Waals surface area contributed by atoms with E-state index in [9.17, 15) is 0 Å². The fraction of sp³-hybridized carbons (Fsp3) is 0.333. The molecule has 5 heteroatoms. The minimum absolute atomic E-state index is 0.702. The molecule has 0 unspecified atom stereocenters. The van der Waals surface area contributed by atoms with Crippen LogP contribution in [0.15, 0.2) is 65.5 Å². The third kappa shape index (κ3) is 4.26. The highest BCUT2D eigenvalue weighted by atomic mass is 32.1. The molecule has 4 aromatic rings. The first-order valence-corrected chi connectivity index (χ1v) is 11.4. The van der Waals surface area contributed by atoms with Crippen molar-refractivity contribution in [1.82, 2.24) is 19.4 Å². The Kier molecular flexibility index (Phi) is 5.41. The largest absolute Gasteiger partial charge is 0.322 e. The molecule has 1 fully saturated rings. The Morgan fingerprint density at radius 3 is 2.52 bits per heavy atom. The lowest BCUT2D eigenvalue weighted by molar-refractivity contribution is 0.175. The average Bonchev–Trinajstić information content (AvgIpc) is 3.39. The first-order chi connectivity index (χ1) is 14.3. The van der Waals surface area contributed by atoms with E-state index in [1.807, 2.05) is 5.51 Å². The number of piperidine rings is 1. The molecule has 2 aromatic carbocycles. The predicted molar refractivity (Wildman–Crippen MR) is 119 cm³/mol. The lowest BCUT2D eigenvalue weighted by Crippen LogP contribution is -2.34. The summed E-state index contributed by atoms with van der Waals surface area (Å²) in [5, 5.41) is 2.14. The van der Waals surface area contributed by atoms with Gasteiger partial charge in [0, 0.05) is 18.3 Å². The second-order valence-corrected chi connectivity index (χ2v) is 8.71. The van der Waals surface area contributed by atoms with Gasteiger partial charge >= 0.3 is 0 Å². The van der Waals surface area contributed by atoms with Crippen LogP contribution < -0.4 is 0 Å². The van der Waals surface area contributed by atoms with Crippen LogP contribution in [0.1, 0.15) is 29.9 Å². The molecule has 5 rings (SSSR count). The fourth-order valence-corrected chi connectivity index (χ4v) is 4.93. The molecule has 2 aromatic heterocycles. The Bertz CT molecular complexity index is 1050. The molecule has 4 nitrogen and oxygen atoms in total. The van der Waals surface area contributed by atoms with Gasteiger partial charge in [-0.2, -0.15) is 0 Å². The number of nitrogens with zero attached hydrogens (tertiary/aromatic N) is 4. The van der Waals surface area contributed by atoms with Gasteiger partial charge in [0.15, 0.2) is 0 Å². The Morgan fingerprint density at radius 1 is 0.931 bits per heavy atom. The number of likely N-dealkylation sites (tertiary alicyclic amines) is 1. The summed E-state index contributed by atoms with van der Waals surface area (Å²) >= 11 is 1.66. The van der Waals surface area contributed by atoms with Gasteiger partial charge in [-0.15, -0.1) is 11.3 Å². The van der Waals surface area contributed by atoms with Crippen molar-refractivity contribution < 1.29 is 0 Å². The molecule has 29 heavy (non-hydrogen) atoms. The molecular formula is C24H26N4S. The summed E-state index contributed by atoms with van der Waals surface area (Å²) < 4.78 is 2.38. The molecule has 0 aliphatic carbocycles. The number of fused-ring (bicyclic) bond motifs is 1. The zero-order chi connectivity index (χ0) is 19.5. The highest BCUT2D eigenvalue weighted by Gasteiger charge is 2.22. The molecule has 1 aliphatic rings. The van der Waals surface area contributed by atoms with E-state index >= 15 is 0 Å². The Balaban J connectivity index is 1.28. The van der Waals surface area contributed by atoms with E-state index in [0.717, 1.165) is 30.7 Å². The summed E-state index contributed by atoms with van der Waals surface area (Å²) in [6.07, 6.45) is 3.54. The van der Waals surface area contributed by atoms with Gasteiger partial charge in [-0.25, -0.2) is 9.97 Å². The molecule has 0 atom stereocenters. The first-order valence-electron chi connectivity index (χ1n) is 10.4. The molecule has 0 amide bonds. The highest BCUT2D eigenvalue weighted by molar-refractivity contribution is 7.07. The van der Waals surface area contributed by atoms with E-state index in [-0.39, 0.29) is 0 Å². The third-order valence-electron chi connectivity index (χ3n) is 5.96. The minimum atomic E-state index is 0.702. The van der Waals surface area contributed by atoms with E-state index < -0.39 is 0 Å². The summed E-state index contributed by atoms with van der Waals surface area (Å²) in [4.78, 5) is 12.1. The molecule has 0 N–H and O–H groups in total. The number of imidazole rings is 1. The van der Waals surface area contributed by atoms with Crippen LogP contribution in [-0.4, -0.2) is 32.5 Å². The van der Waals surface area contributed by atoms with Crippen molar-refractivity contribution in [1.29, 1.82) is 0 Å². The minimum Gasteiger partial charge on any atom is -0.322 e. The van der Waals surface area contributed by atoms with Crippen molar-refractivity contribution in [2.45, 2.75) is 32.4 Å². The van der Waals surface area contributed by atoms with Crippen molar-refractivity contribution in [3.05, 3.63) is 82.6 Å². The molecule has 1 saturated heterocycles. The Labute approximate surface area is 175 Å². The molecule has 0 saturated carbocycles. The van der Waals surface area contributed by atoms with E-state index in [0.29, 0.717) is 5.92 Å². The second-order valence-electron chi connectivity index (χ2n) is 7.99. The number of para-hydroxylation sites is 2. The molecule has 0 spiro atoms. The zero-order valence-corrected chi connectivity index (χ0v) is 17.4. The monoisotopic (exact) mass is 402 g/mol. The third-order valence-corrected chi connectivity index (χ3v) is 6.60. The summed E-state index contributed by atoms with van der Waals surface area (Å²) in [6.45, 7) is 4.22. The molecule has 3 heterocycles. The van der Waals surface area contributed by atoms with Crippen molar-refractivity contribution in [3.63, 3.8) is 0 Å². The van der Waals surface area contributed by atoms with Crippen LogP contribution in [0, 0.1) is 5.92 Å². The maximum absolute atomic E-state index is 5.00. The molecule has 148 valence electrons. The lowest BCUT2D eigenvalue weighted by atomic mass is 9.93. The molecular weight excluding hydrogens is 376 g/mol. The molecule has 0 radical (unpaired) electrons. The van der Waals surface area contributed by atoms with Crippen LogP contribution in [0.4, 0.5) is 0 Å². The standard InChI is InChI=1S/C24H26N4S/c1-2-6-20(7-3-1)15-27-12-10-19(11-13-27)14-24-26-22-8-4-5-9-23(22)28(24)16-21-17-29-18-25-21/h1-9,17-19H,10-16H2. The SMILES string of the molecule is c1ccc(CN2CCC(Cc3nc4ccccc4n3Cc3cscn3)CC2)cc1. The van der Waals surface area contributed by atoms with Gasteiger partial charge in [-0.05, 0) is 49.5 Å². The van der Waals surface area contributed by atoms with E-state index in [4.69, 9.17) is 4.98 Å². The van der Waals surface area contributed by atoms with Crippen molar-refractivity contribution in [2.75, 3.05) is 13.1 Å². The van der Waals surface area contributed by atoms with Gasteiger partial charge in [0.25, 0.3) is 0 Å². The Morgan fingerprint density at radius 2 is 1.72 bits per heavy atom. The second kappa shape index (κ2) is 8.47. The number of rotatable bonds is 6. The van der Waals surface area contributed by atoms with Gasteiger partial charge in [0.2, 0.25) is 0 Å². The van der Waals surface area contributed by atoms with Gasteiger partial charge in [0.05, 0.1) is 28.8 Å². The molecule has 0 bridgehead atoms. The summed E-state index contributed by atoms with van der Waals surface area (Å²) in [5.74, 6) is 1.91. The quantitative estimate of drug-likeness (QED) is 0.455. The van der Waals surface area contributed by atoms with E-state index in [2.05, 4.69) is 74.4 Å². The predicted octanol–water partition coefficient (Wildman–Crippen LogP) is 5.00. The maximum Gasteiger partial charge on any atom is 0.110 e. The zero-order valence-electron chi connectivity index (χ0n) is 16.6. The Hall–Kier alpha value is -2.50. The van der Waals surface area contributed by atoms with Gasteiger partial charge < -0.3 is 4.57 Å². The van der Waals surface area contributed by atoms with E-state index in [1.54, 1.807) is 11.3 Å². The summed E-state index contributed by atoms with van der Waals surface area (Å²) in [7, 11) is 0. The highest BCUT2D eigenvalue weighted by Crippen LogP contribution is 2.25. The normalized spacial score (nSPS) is 15.9. The van der Waals surface area contributed by atoms with Crippen LogP contribution in [0.25, 0.3) is 11.0 Å². The summed E-state index contributed by atoms with van der Waals surface area (Å²) in [5.41, 5.74) is 6.76. The smallest absolute Gasteiger partial charge is 0.110 e. The van der Waals surface area contributed by atoms with Crippen LogP contribution >= 0.6 is 11.3 Å². The number of hydrogen-bond donors (Lipinski definition) is 0. The van der Waals surface area contributed by atoms with Gasteiger partial charge in [0.1, 0.15) is 5.82 Å². The lowest BCUT2D eigenvalue weighted by Gasteiger charge is -2.32. The van der Waals surface area contributed by atoms with Gasteiger partial charge in [-0.1, -0.05) is 42.5 Å². The number of hydrogen-bond acceptors (Lipinski definition) is 4. The van der Waals surface area contributed by atoms with Crippen LogP contribution in [0.5, 0.6) is 0 Å². The molecule has 1 aliphatic heterocycles. The average molecular weight is 403 g/mol. The summed E-state index contributed by atoms with van der Waals surface area (Å²) in [6, 6.07) is 19.3. The number of thiazole rings is 1. The topological polar surface area (TPSA) is 34.0 Å². The van der Waals surface area contributed by atoms with Crippen molar-refractivity contribution >= 4 is 22.4 Å². The van der Waals surface area contributed by atoms with E-state index in [1.165, 1.54) is 42.8 Å². The number of benzene rings is 2. The fourth-order valence-electron chi connectivity index (χ4n) is 4.38. The maximum atomic E-state index is 5.00. The van der Waals surface area contributed by atoms with Gasteiger partial charge in [-0.3, -0.25) is 4.90 Å². The van der Waals surface area contributed by atoms with Crippen LogP contribution in [0.2, 0.25) is 0 Å². The van der Waals surface area contributed by atoms with Crippen LogP contribution in [-0.2, 0) is 19.5 Å². The van der Waals surface area contributed by atoms with Crippen molar-refractivity contribution in [2.24, 2.45) is 5.92 Å². The first kappa shape index (κ1) is 18.5. The van der Waals surface area contributed by atoms with Crippen molar-refractivity contribution in [3.8, 4) is 0 Å². The number of aromatic nitrogens is 3.